The van der Waals surface area contributed by atoms with Gasteiger partial charge in [-0.2, -0.15) is 26.3 Å². The molecule has 0 aliphatic carbocycles. The Morgan fingerprint density at radius 1 is 1.04 bits per heavy atom. The highest BCUT2D eigenvalue weighted by molar-refractivity contribution is 6.31. The summed E-state index contributed by atoms with van der Waals surface area (Å²) in [5.41, 5.74) is -2.84. The van der Waals surface area contributed by atoms with Gasteiger partial charge < -0.3 is 9.67 Å². The van der Waals surface area contributed by atoms with Crippen LogP contribution in [0.5, 0.6) is 5.75 Å². The van der Waals surface area contributed by atoms with E-state index in [0.29, 0.717) is 6.07 Å². The number of hydrogen-bond donors (Lipinski definition) is 1. The van der Waals surface area contributed by atoms with Gasteiger partial charge in [-0.15, -0.1) is 0 Å². The van der Waals surface area contributed by atoms with Gasteiger partial charge in [-0.05, 0) is 23.8 Å². The van der Waals surface area contributed by atoms with Crippen molar-refractivity contribution in [2.24, 2.45) is 0 Å². The molecule has 1 heterocycles. The van der Waals surface area contributed by atoms with Crippen LogP contribution in [0.3, 0.4) is 0 Å². The number of aromatic nitrogens is 1. The Morgan fingerprint density at radius 2 is 1.67 bits per heavy atom. The summed E-state index contributed by atoms with van der Waals surface area (Å²) in [6, 6.07) is 3.48. The molecule has 10 heteroatoms. The first-order valence-electron chi connectivity index (χ1n) is 6.26. The van der Waals surface area contributed by atoms with Crippen molar-refractivity contribution in [2.75, 3.05) is 0 Å². The van der Waals surface area contributed by atoms with Gasteiger partial charge in [0.1, 0.15) is 6.54 Å². The van der Waals surface area contributed by atoms with E-state index in [-0.39, 0.29) is 15.7 Å². The van der Waals surface area contributed by atoms with Crippen LogP contribution in [-0.2, 0) is 12.7 Å². The van der Waals surface area contributed by atoms with Gasteiger partial charge in [0.15, 0.2) is 5.75 Å². The number of hydrogen-bond acceptors (Lipinski definition) is 2. The third kappa shape index (κ3) is 4.02. The molecule has 0 saturated carbocycles. The van der Waals surface area contributed by atoms with Crippen LogP contribution in [0, 0.1) is 0 Å². The zero-order valence-corrected chi connectivity index (χ0v) is 12.3. The van der Waals surface area contributed by atoms with Gasteiger partial charge in [-0.25, -0.2) is 0 Å². The van der Waals surface area contributed by atoms with Crippen LogP contribution in [-0.4, -0.2) is 15.8 Å². The van der Waals surface area contributed by atoms with E-state index in [9.17, 15) is 36.2 Å². The van der Waals surface area contributed by atoms with Gasteiger partial charge in [0, 0.05) is 11.8 Å². The second-order valence-electron chi connectivity index (χ2n) is 4.85. The van der Waals surface area contributed by atoms with Gasteiger partial charge in [-0.3, -0.25) is 4.79 Å². The molecular weight excluding hydrogens is 364 g/mol. The summed E-state index contributed by atoms with van der Waals surface area (Å²) in [5.74, 6) is -1.01. The maximum atomic E-state index is 12.9. The average Bonchev–Trinajstić information content (AvgIpc) is 2.41. The van der Waals surface area contributed by atoms with Crippen LogP contribution < -0.4 is 5.56 Å². The van der Waals surface area contributed by atoms with Crippen molar-refractivity contribution in [1.29, 1.82) is 0 Å². The van der Waals surface area contributed by atoms with Crippen LogP contribution in [0.1, 0.15) is 5.56 Å². The van der Waals surface area contributed by atoms with Gasteiger partial charge in [0.2, 0.25) is 0 Å². The minimum absolute atomic E-state index is 0.155. The molecule has 0 aliphatic rings. The standard InChI is InChI=1S/C14H8ClF6NO2/c15-10-2-1-7(3-9(10)14(19,20)21)8-4-11(23)12(24)22(5-8)6-13(16,17)18/h1-5,23H,6H2. The molecule has 0 amide bonds. The topological polar surface area (TPSA) is 42.2 Å². The van der Waals surface area contributed by atoms with Gasteiger partial charge >= 0.3 is 12.4 Å². The number of rotatable bonds is 2. The highest BCUT2D eigenvalue weighted by Gasteiger charge is 2.33. The van der Waals surface area contributed by atoms with E-state index in [1.807, 2.05) is 0 Å². The second-order valence-corrected chi connectivity index (χ2v) is 5.26. The largest absolute Gasteiger partial charge is 0.503 e. The van der Waals surface area contributed by atoms with Gasteiger partial charge in [-0.1, -0.05) is 17.7 Å². The Hall–Kier alpha value is -2.16. The molecule has 130 valence electrons. The minimum Gasteiger partial charge on any atom is -0.503 e. The molecule has 0 atom stereocenters. The predicted molar refractivity (Wildman–Crippen MR) is 73.9 cm³/mol. The van der Waals surface area contributed by atoms with Crippen LogP contribution in [0.4, 0.5) is 26.3 Å². The van der Waals surface area contributed by atoms with Crippen molar-refractivity contribution in [1.82, 2.24) is 4.57 Å². The lowest BCUT2D eigenvalue weighted by molar-refractivity contribution is -0.141. The number of halogens is 7. The summed E-state index contributed by atoms with van der Waals surface area (Å²) in [7, 11) is 0. The maximum Gasteiger partial charge on any atom is 0.417 e. The lowest BCUT2D eigenvalue weighted by Gasteiger charge is -2.14. The van der Waals surface area contributed by atoms with Crippen molar-refractivity contribution in [3.8, 4) is 16.9 Å². The normalized spacial score (nSPS) is 12.5. The highest BCUT2D eigenvalue weighted by Crippen LogP contribution is 2.37. The highest BCUT2D eigenvalue weighted by atomic mass is 35.5. The Bertz CT molecular complexity index is 825. The van der Waals surface area contributed by atoms with Crippen LogP contribution >= 0.6 is 11.6 Å². The molecule has 24 heavy (non-hydrogen) atoms. The van der Waals surface area contributed by atoms with E-state index in [4.69, 9.17) is 11.6 Å². The van der Waals surface area contributed by atoms with Gasteiger partial charge in [0.25, 0.3) is 5.56 Å². The van der Waals surface area contributed by atoms with Crippen LogP contribution in [0.25, 0.3) is 11.1 Å². The number of aromatic hydroxyl groups is 1. The van der Waals surface area contributed by atoms with E-state index in [1.54, 1.807) is 0 Å². The van der Waals surface area contributed by atoms with Crippen molar-refractivity contribution in [3.05, 3.63) is 51.4 Å². The molecule has 0 aliphatic heterocycles. The second kappa shape index (κ2) is 6.04. The third-order valence-electron chi connectivity index (χ3n) is 3.02. The molecular formula is C14H8ClF6NO2. The minimum atomic E-state index is -4.77. The Morgan fingerprint density at radius 3 is 2.21 bits per heavy atom. The lowest BCUT2D eigenvalue weighted by atomic mass is 10.0. The molecule has 0 spiro atoms. The van der Waals surface area contributed by atoms with Crippen molar-refractivity contribution in [3.63, 3.8) is 0 Å². The fraction of sp³-hybridized carbons (Fsp3) is 0.214. The average molecular weight is 372 g/mol. The zero-order valence-electron chi connectivity index (χ0n) is 11.5. The van der Waals surface area contributed by atoms with Crippen LogP contribution in [0.15, 0.2) is 35.3 Å². The summed E-state index contributed by atoms with van der Waals surface area (Å²) >= 11 is 5.47. The molecule has 1 N–H and O–H groups in total. The van der Waals surface area contributed by atoms with E-state index in [2.05, 4.69) is 0 Å². The fourth-order valence-corrected chi connectivity index (χ4v) is 2.24. The van der Waals surface area contributed by atoms with Gasteiger partial charge in [0.05, 0.1) is 10.6 Å². The number of nitrogens with zero attached hydrogens (tertiary/aromatic N) is 1. The SMILES string of the molecule is O=c1c(O)cc(-c2ccc(Cl)c(C(F)(F)F)c2)cn1CC(F)(F)F. The van der Waals surface area contributed by atoms with Crippen molar-refractivity contribution < 1.29 is 31.4 Å². The zero-order chi connectivity index (χ0) is 18.3. The summed E-state index contributed by atoms with van der Waals surface area (Å²) in [6.07, 6.45) is -8.79. The molecule has 0 radical (unpaired) electrons. The number of benzene rings is 1. The molecule has 2 aromatic rings. The number of alkyl halides is 6. The first-order chi connectivity index (χ1) is 10.9. The molecule has 0 saturated heterocycles. The van der Waals surface area contributed by atoms with E-state index >= 15 is 0 Å². The monoisotopic (exact) mass is 371 g/mol. The summed E-state index contributed by atoms with van der Waals surface area (Å²) < 4.78 is 76.1. The third-order valence-corrected chi connectivity index (χ3v) is 3.35. The van der Waals surface area contributed by atoms with Crippen LogP contribution in [0.2, 0.25) is 5.02 Å². The Balaban J connectivity index is 2.60. The fourth-order valence-electron chi connectivity index (χ4n) is 2.01. The maximum absolute atomic E-state index is 12.9. The first-order valence-corrected chi connectivity index (χ1v) is 6.63. The molecule has 0 unspecified atom stereocenters. The molecule has 1 aromatic carbocycles. The number of pyridine rings is 1. The summed E-state index contributed by atoms with van der Waals surface area (Å²) in [6.45, 7) is -1.69. The van der Waals surface area contributed by atoms with E-state index in [1.165, 1.54) is 0 Å². The summed E-state index contributed by atoms with van der Waals surface area (Å²) in [4.78, 5) is 11.5. The quantitative estimate of drug-likeness (QED) is 0.792. The molecule has 0 fully saturated rings. The van der Waals surface area contributed by atoms with Crippen molar-refractivity contribution in [2.45, 2.75) is 18.9 Å². The summed E-state index contributed by atoms with van der Waals surface area (Å²) in [5, 5.41) is 8.89. The lowest BCUT2D eigenvalue weighted by Crippen LogP contribution is -2.27. The van der Waals surface area contributed by atoms with E-state index in [0.717, 1.165) is 24.4 Å². The Kier molecular flexibility index (Phi) is 4.58. The van der Waals surface area contributed by atoms with E-state index < -0.39 is 40.8 Å². The molecule has 1 aromatic heterocycles. The smallest absolute Gasteiger partial charge is 0.417 e. The first kappa shape index (κ1) is 18.2. The Labute approximate surface area is 135 Å². The molecule has 3 nitrogen and oxygen atoms in total. The van der Waals surface area contributed by atoms with Crippen molar-refractivity contribution >= 4 is 11.6 Å². The predicted octanol–water partition coefficient (Wildman–Crippen LogP) is 4.46. The molecule has 2 rings (SSSR count). The molecule has 0 bridgehead atoms.